The molecule has 0 saturated heterocycles. The van der Waals surface area contributed by atoms with Gasteiger partial charge in [-0.3, -0.25) is 9.13 Å². The predicted octanol–water partition coefficient (Wildman–Crippen LogP) is 12.6. The fraction of sp³-hybridized carbons (Fsp3) is 0. The highest BCUT2D eigenvalue weighted by molar-refractivity contribution is 7.99. The molecule has 0 saturated carbocycles. The molecule has 0 unspecified atom stereocenters. The molecule has 0 bridgehead atoms. The van der Waals surface area contributed by atoms with Gasteiger partial charge in [-0.25, -0.2) is 0 Å². The number of fused-ring (bicyclic) bond motifs is 14. The maximum atomic E-state index is 2.52. The second-order valence-corrected chi connectivity index (χ2v) is 14.4. The number of hydrogen-bond donors (Lipinski definition) is 0. The van der Waals surface area contributed by atoms with Crippen molar-refractivity contribution in [3.8, 4) is 17.1 Å². The van der Waals surface area contributed by atoms with Crippen molar-refractivity contribution in [2.24, 2.45) is 0 Å². The fourth-order valence-corrected chi connectivity index (χ4v) is 9.85. The molecule has 11 aromatic rings. The Morgan fingerprint density at radius 3 is 1.70 bits per heavy atom. The summed E-state index contributed by atoms with van der Waals surface area (Å²) < 4.78 is 7.53. The van der Waals surface area contributed by atoms with Gasteiger partial charge >= 0.3 is 0 Å². The number of para-hydroxylation sites is 3. The van der Waals surface area contributed by atoms with E-state index in [2.05, 4.69) is 177 Å². The van der Waals surface area contributed by atoms with Crippen molar-refractivity contribution in [1.29, 1.82) is 0 Å². The van der Waals surface area contributed by atoms with Crippen LogP contribution in [-0.2, 0) is 0 Å². The van der Waals surface area contributed by atoms with Gasteiger partial charge in [-0.15, -0.1) is 0 Å². The Kier molecular flexibility index (Phi) is 5.17. The van der Waals surface area contributed by atoms with Crippen molar-refractivity contribution in [2.75, 3.05) is 0 Å². The molecule has 0 aliphatic carbocycles. The van der Waals surface area contributed by atoms with E-state index in [1.807, 2.05) is 11.8 Å². The zero-order valence-electron chi connectivity index (χ0n) is 26.8. The van der Waals surface area contributed by atoms with Gasteiger partial charge in [0, 0.05) is 58.9 Å². The Labute approximate surface area is 291 Å². The third-order valence-electron chi connectivity index (χ3n) is 10.8. The molecule has 0 N–H and O–H groups in total. The van der Waals surface area contributed by atoms with Gasteiger partial charge in [-0.2, -0.15) is 0 Å². The van der Waals surface area contributed by atoms with Crippen LogP contribution in [0, 0.1) is 0 Å². The van der Waals surface area contributed by atoms with Crippen molar-refractivity contribution in [1.82, 2.24) is 13.7 Å². The van der Waals surface area contributed by atoms with Crippen LogP contribution >= 0.6 is 11.8 Å². The molecule has 4 heteroatoms. The van der Waals surface area contributed by atoms with Gasteiger partial charge in [0.25, 0.3) is 0 Å². The van der Waals surface area contributed by atoms with E-state index in [-0.39, 0.29) is 0 Å². The molecule has 1 aliphatic rings. The van der Waals surface area contributed by atoms with E-state index in [1.54, 1.807) is 0 Å². The van der Waals surface area contributed by atoms with Crippen LogP contribution in [0.4, 0.5) is 0 Å². The minimum Gasteiger partial charge on any atom is -0.308 e. The lowest BCUT2D eigenvalue weighted by Gasteiger charge is -2.21. The fourth-order valence-electron chi connectivity index (χ4n) is 8.76. The second kappa shape index (κ2) is 9.69. The van der Waals surface area contributed by atoms with E-state index in [9.17, 15) is 0 Å². The van der Waals surface area contributed by atoms with Crippen molar-refractivity contribution in [3.63, 3.8) is 0 Å². The SMILES string of the molecule is c1cc(-n2c3c4ccccc4ccc3c3ccc4ccccc4c32)cc(-n2c3ccccc3c3c4cccc5c4n(c32)-c2ccccc2S5)c1. The zero-order valence-corrected chi connectivity index (χ0v) is 27.7. The number of benzene rings is 8. The summed E-state index contributed by atoms with van der Waals surface area (Å²) in [5.74, 6) is 0. The summed E-state index contributed by atoms with van der Waals surface area (Å²) in [4.78, 5) is 2.57. The molecule has 1 aliphatic heterocycles. The third kappa shape index (κ3) is 3.36. The average Bonchev–Trinajstić information content (AvgIpc) is 3.82. The smallest absolute Gasteiger partial charge is 0.131 e. The molecule has 0 spiro atoms. The number of nitrogens with zero attached hydrogens (tertiary/aromatic N) is 3. The van der Waals surface area contributed by atoms with Crippen molar-refractivity contribution in [2.45, 2.75) is 9.79 Å². The maximum Gasteiger partial charge on any atom is 0.131 e. The first-order valence-electron chi connectivity index (χ1n) is 17.1. The first-order valence-corrected chi connectivity index (χ1v) is 17.9. The van der Waals surface area contributed by atoms with Crippen LogP contribution < -0.4 is 0 Å². The van der Waals surface area contributed by atoms with Crippen LogP contribution in [0.3, 0.4) is 0 Å². The van der Waals surface area contributed by atoms with E-state index < -0.39 is 0 Å². The van der Waals surface area contributed by atoms with Crippen molar-refractivity contribution >= 4 is 88.0 Å². The first-order chi connectivity index (χ1) is 24.8. The van der Waals surface area contributed by atoms with Gasteiger partial charge in [0.05, 0.1) is 27.8 Å². The maximum absolute atomic E-state index is 2.52. The standard InChI is InChI=1S/C46H27N3S/c1-3-15-32-28(11-1)23-25-34-35-26-24-29-12-2-4-16-33(29)44(35)48(43(32)34)31-14-9-13-30(27-31)47-38-19-6-5-17-36(38)42-37-18-10-22-41-45(37)49(46(42)47)39-20-7-8-21-40(39)50-41/h1-27H. The van der Waals surface area contributed by atoms with E-state index in [0.717, 1.165) is 11.4 Å². The Hall–Kier alpha value is -6.23. The lowest BCUT2D eigenvalue weighted by atomic mass is 10.0. The van der Waals surface area contributed by atoms with Crippen LogP contribution in [-0.4, -0.2) is 13.7 Å². The van der Waals surface area contributed by atoms with Crippen LogP contribution in [0.15, 0.2) is 174 Å². The summed E-state index contributed by atoms with van der Waals surface area (Å²) in [5, 5.41) is 11.4. The molecule has 8 aromatic carbocycles. The van der Waals surface area contributed by atoms with Gasteiger partial charge in [-0.1, -0.05) is 133 Å². The Morgan fingerprint density at radius 2 is 0.940 bits per heavy atom. The summed E-state index contributed by atoms with van der Waals surface area (Å²) in [5.41, 5.74) is 9.71. The molecule has 0 radical (unpaired) electrons. The molecule has 50 heavy (non-hydrogen) atoms. The minimum atomic E-state index is 1.14. The van der Waals surface area contributed by atoms with Crippen LogP contribution in [0.2, 0.25) is 0 Å². The number of hydrogen-bond acceptors (Lipinski definition) is 1. The molecule has 0 amide bonds. The number of rotatable bonds is 2. The third-order valence-corrected chi connectivity index (χ3v) is 11.9. The van der Waals surface area contributed by atoms with Gasteiger partial charge in [0.2, 0.25) is 0 Å². The van der Waals surface area contributed by atoms with Gasteiger partial charge in [-0.05, 0) is 53.2 Å². The Morgan fingerprint density at radius 1 is 0.360 bits per heavy atom. The Balaban J connectivity index is 1.24. The highest BCUT2D eigenvalue weighted by atomic mass is 32.2. The second-order valence-electron chi connectivity index (χ2n) is 13.3. The van der Waals surface area contributed by atoms with Crippen molar-refractivity contribution in [3.05, 3.63) is 164 Å². The van der Waals surface area contributed by atoms with E-state index in [0.29, 0.717) is 0 Å². The van der Waals surface area contributed by atoms with Crippen molar-refractivity contribution < 1.29 is 0 Å². The average molecular weight is 654 g/mol. The molecule has 3 aromatic heterocycles. The van der Waals surface area contributed by atoms with Crippen LogP contribution in [0.1, 0.15) is 0 Å². The summed E-state index contributed by atoms with van der Waals surface area (Å²) >= 11 is 1.87. The lowest BCUT2D eigenvalue weighted by molar-refractivity contribution is 1.02. The van der Waals surface area contributed by atoms with E-state index in [4.69, 9.17) is 0 Å². The monoisotopic (exact) mass is 653 g/mol. The summed E-state index contributed by atoms with van der Waals surface area (Å²) in [6, 6.07) is 60.4. The lowest BCUT2D eigenvalue weighted by Crippen LogP contribution is -2.06. The van der Waals surface area contributed by atoms with E-state index in [1.165, 1.54) is 91.7 Å². The van der Waals surface area contributed by atoms with Gasteiger partial charge in [0.1, 0.15) is 5.65 Å². The predicted molar refractivity (Wildman–Crippen MR) is 211 cm³/mol. The van der Waals surface area contributed by atoms with Gasteiger partial charge < -0.3 is 4.57 Å². The number of aromatic nitrogens is 3. The molecule has 4 heterocycles. The molecule has 3 nitrogen and oxygen atoms in total. The van der Waals surface area contributed by atoms with Crippen LogP contribution in [0.5, 0.6) is 0 Å². The molecule has 0 fully saturated rings. The van der Waals surface area contributed by atoms with E-state index >= 15 is 0 Å². The topological polar surface area (TPSA) is 14.8 Å². The molecular formula is C46H27N3S. The molecule has 0 atom stereocenters. The molecule has 232 valence electrons. The normalized spacial score (nSPS) is 12.7. The first kappa shape index (κ1) is 26.7. The summed E-state index contributed by atoms with van der Waals surface area (Å²) in [6.45, 7) is 0. The summed E-state index contributed by atoms with van der Waals surface area (Å²) in [7, 11) is 0. The molecular weight excluding hydrogens is 627 g/mol. The highest BCUT2D eigenvalue weighted by Crippen LogP contribution is 2.49. The minimum absolute atomic E-state index is 1.14. The largest absolute Gasteiger partial charge is 0.308 e. The summed E-state index contributed by atoms with van der Waals surface area (Å²) in [6.07, 6.45) is 0. The zero-order chi connectivity index (χ0) is 32.5. The van der Waals surface area contributed by atoms with Crippen LogP contribution in [0.25, 0.3) is 93.3 Å². The van der Waals surface area contributed by atoms with Gasteiger partial charge in [0.15, 0.2) is 0 Å². The quantitative estimate of drug-likeness (QED) is 0.181. The Bertz CT molecular complexity index is 3150. The highest BCUT2D eigenvalue weighted by Gasteiger charge is 2.28. The molecule has 12 rings (SSSR count).